The highest BCUT2D eigenvalue weighted by molar-refractivity contribution is 9.10. The average molecular weight is 355 g/mol. The number of nitrogens with one attached hydrogen (secondary N) is 1. The molecular weight excluding hydrogens is 332 g/mol. The highest BCUT2D eigenvalue weighted by atomic mass is 79.9. The topological polar surface area (TPSA) is 55.2 Å². The molecule has 21 heavy (non-hydrogen) atoms. The monoisotopic (exact) mass is 354 g/mol. The molecule has 0 spiro atoms. The summed E-state index contributed by atoms with van der Waals surface area (Å²) in [5.74, 6) is 1.39. The Hall–Kier alpha value is -0.940. The molecule has 4 nitrogen and oxygen atoms in total. The molecule has 1 aliphatic rings. The van der Waals surface area contributed by atoms with E-state index in [4.69, 9.17) is 0 Å². The molecule has 1 saturated carbocycles. The van der Waals surface area contributed by atoms with Gasteiger partial charge >= 0.3 is 0 Å². The first-order valence-corrected chi connectivity index (χ1v) is 8.44. The van der Waals surface area contributed by atoms with Crippen molar-refractivity contribution in [1.82, 2.24) is 5.32 Å². The zero-order valence-corrected chi connectivity index (χ0v) is 14.2. The number of hydrogen-bond acceptors (Lipinski definition) is 3. The third-order valence-electron chi connectivity index (χ3n) is 4.40. The first kappa shape index (κ1) is 16.4. The van der Waals surface area contributed by atoms with Gasteiger partial charge in [-0.3, -0.25) is 10.1 Å². The summed E-state index contributed by atoms with van der Waals surface area (Å²) in [5, 5.41) is 14.5. The van der Waals surface area contributed by atoms with E-state index in [1.54, 1.807) is 12.1 Å². The molecule has 0 radical (unpaired) electrons. The Labute approximate surface area is 134 Å². The summed E-state index contributed by atoms with van der Waals surface area (Å²) in [4.78, 5) is 10.6. The highest BCUT2D eigenvalue weighted by Crippen LogP contribution is 2.30. The normalized spacial score (nSPS) is 22.5. The number of rotatable bonds is 5. The van der Waals surface area contributed by atoms with Crippen molar-refractivity contribution in [1.29, 1.82) is 0 Å². The van der Waals surface area contributed by atoms with E-state index in [0.717, 1.165) is 10.0 Å². The maximum Gasteiger partial charge on any atom is 0.270 e. The van der Waals surface area contributed by atoms with Gasteiger partial charge in [0.2, 0.25) is 0 Å². The van der Waals surface area contributed by atoms with Crippen molar-refractivity contribution in [3.8, 4) is 0 Å². The summed E-state index contributed by atoms with van der Waals surface area (Å²) in [6.45, 7) is 5.26. The van der Waals surface area contributed by atoms with Crippen LogP contribution in [0, 0.1) is 22.0 Å². The fourth-order valence-electron chi connectivity index (χ4n) is 3.30. The second kappa shape index (κ2) is 7.36. The third kappa shape index (κ3) is 4.51. The van der Waals surface area contributed by atoms with Gasteiger partial charge in [0.25, 0.3) is 5.69 Å². The van der Waals surface area contributed by atoms with Crippen LogP contribution in [0.5, 0.6) is 0 Å². The van der Waals surface area contributed by atoms with Crippen LogP contribution < -0.4 is 5.32 Å². The predicted octanol–water partition coefficient (Wildman–Crippen LogP) is 4.66. The van der Waals surface area contributed by atoms with E-state index >= 15 is 0 Å². The van der Waals surface area contributed by atoms with Gasteiger partial charge in [-0.15, -0.1) is 0 Å². The Balaban J connectivity index is 2.03. The Kier molecular flexibility index (Phi) is 5.76. The van der Waals surface area contributed by atoms with Gasteiger partial charge in [0, 0.05) is 29.2 Å². The lowest BCUT2D eigenvalue weighted by Crippen LogP contribution is -2.40. The molecule has 1 aromatic rings. The Morgan fingerprint density at radius 2 is 2.05 bits per heavy atom. The van der Waals surface area contributed by atoms with Crippen LogP contribution in [0.25, 0.3) is 0 Å². The van der Waals surface area contributed by atoms with E-state index in [1.165, 1.54) is 25.7 Å². The molecule has 0 saturated heterocycles. The Morgan fingerprint density at radius 3 is 2.71 bits per heavy atom. The molecule has 2 unspecified atom stereocenters. The zero-order valence-electron chi connectivity index (χ0n) is 12.6. The van der Waals surface area contributed by atoms with Crippen LogP contribution in [-0.4, -0.2) is 11.0 Å². The summed E-state index contributed by atoms with van der Waals surface area (Å²) >= 11 is 3.35. The van der Waals surface area contributed by atoms with Gasteiger partial charge in [0.1, 0.15) is 0 Å². The lowest BCUT2D eigenvalue weighted by molar-refractivity contribution is -0.385. The third-order valence-corrected chi connectivity index (χ3v) is 4.86. The summed E-state index contributed by atoms with van der Waals surface area (Å²) in [6, 6.07) is 5.68. The van der Waals surface area contributed by atoms with Gasteiger partial charge in [0.15, 0.2) is 0 Å². The molecule has 1 N–H and O–H groups in total. The van der Waals surface area contributed by atoms with Gasteiger partial charge in [-0.2, -0.15) is 0 Å². The SMILES string of the molecule is CC(C)C1CCCCC1NCc1cc(Br)cc([N+](=O)[O-])c1. The van der Waals surface area contributed by atoms with Gasteiger partial charge in [-0.25, -0.2) is 0 Å². The van der Waals surface area contributed by atoms with Crippen molar-refractivity contribution < 1.29 is 4.92 Å². The second-order valence-corrected chi connectivity index (χ2v) is 7.17. The first-order chi connectivity index (χ1) is 9.97. The van der Waals surface area contributed by atoms with Gasteiger partial charge < -0.3 is 5.32 Å². The molecule has 1 fully saturated rings. The maximum absolute atomic E-state index is 10.9. The molecule has 2 atom stereocenters. The highest BCUT2D eigenvalue weighted by Gasteiger charge is 2.27. The molecule has 5 heteroatoms. The summed E-state index contributed by atoms with van der Waals surface area (Å²) in [6.07, 6.45) is 5.09. The van der Waals surface area contributed by atoms with E-state index in [-0.39, 0.29) is 10.6 Å². The van der Waals surface area contributed by atoms with Crippen LogP contribution in [0.4, 0.5) is 5.69 Å². The van der Waals surface area contributed by atoms with Gasteiger partial charge in [0.05, 0.1) is 4.92 Å². The molecular formula is C16H23BrN2O2. The zero-order chi connectivity index (χ0) is 15.4. The number of benzene rings is 1. The fraction of sp³-hybridized carbons (Fsp3) is 0.625. The smallest absolute Gasteiger partial charge is 0.270 e. The largest absolute Gasteiger partial charge is 0.310 e. The fourth-order valence-corrected chi connectivity index (χ4v) is 3.83. The average Bonchev–Trinajstić information content (AvgIpc) is 2.44. The van der Waals surface area contributed by atoms with Crippen LogP contribution in [0.1, 0.15) is 45.1 Å². The molecule has 0 heterocycles. The lowest BCUT2D eigenvalue weighted by atomic mass is 9.78. The number of nitro benzene ring substituents is 1. The molecule has 0 aliphatic heterocycles. The molecule has 0 bridgehead atoms. The van der Waals surface area contributed by atoms with E-state index in [2.05, 4.69) is 35.1 Å². The quantitative estimate of drug-likeness (QED) is 0.617. The minimum Gasteiger partial charge on any atom is -0.310 e. The summed E-state index contributed by atoms with van der Waals surface area (Å²) in [7, 11) is 0. The predicted molar refractivity (Wildman–Crippen MR) is 88.2 cm³/mol. The van der Waals surface area contributed by atoms with E-state index in [9.17, 15) is 10.1 Å². The molecule has 1 aliphatic carbocycles. The van der Waals surface area contributed by atoms with E-state index in [0.29, 0.717) is 24.4 Å². The number of nitro groups is 1. The summed E-state index contributed by atoms with van der Waals surface area (Å²) < 4.78 is 0.762. The van der Waals surface area contributed by atoms with Crippen molar-refractivity contribution in [2.75, 3.05) is 0 Å². The molecule has 1 aromatic carbocycles. The van der Waals surface area contributed by atoms with Gasteiger partial charge in [-0.05, 0) is 36.3 Å². The van der Waals surface area contributed by atoms with Crippen molar-refractivity contribution in [2.45, 2.75) is 52.1 Å². The number of hydrogen-bond donors (Lipinski definition) is 1. The van der Waals surface area contributed by atoms with Crippen LogP contribution >= 0.6 is 15.9 Å². The Morgan fingerprint density at radius 1 is 1.33 bits per heavy atom. The number of halogens is 1. The minimum absolute atomic E-state index is 0.144. The van der Waals surface area contributed by atoms with Crippen LogP contribution in [-0.2, 0) is 6.54 Å². The molecule has 0 aromatic heterocycles. The van der Waals surface area contributed by atoms with Crippen LogP contribution in [0.2, 0.25) is 0 Å². The number of nitrogens with zero attached hydrogens (tertiary/aromatic N) is 1. The standard InChI is InChI=1S/C16H23BrN2O2/c1-11(2)15-5-3-4-6-16(15)18-10-12-7-13(17)9-14(8-12)19(20)21/h7-9,11,15-16,18H,3-6,10H2,1-2H3. The lowest BCUT2D eigenvalue weighted by Gasteiger charge is -2.35. The molecule has 2 rings (SSSR count). The molecule has 116 valence electrons. The van der Waals surface area contributed by atoms with Crippen LogP contribution in [0.15, 0.2) is 22.7 Å². The number of non-ortho nitro benzene ring substituents is 1. The van der Waals surface area contributed by atoms with E-state index < -0.39 is 0 Å². The molecule has 0 amide bonds. The minimum atomic E-state index is -0.341. The van der Waals surface area contributed by atoms with Crippen molar-refractivity contribution in [2.24, 2.45) is 11.8 Å². The second-order valence-electron chi connectivity index (χ2n) is 6.25. The van der Waals surface area contributed by atoms with Crippen LogP contribution in [0.3, 0.4) is 0 Å². The summed E-state index contributed by atoms with van der Waals surface area (Å²) in [5.41, 5.74) is 1.11. The maximum atomic E-state index is 10.9. The van der Waals surface area contributed by atoms with E-state index in [1.807, 2.05) is 6.07 Å². The first-order valence-electron chi connectivity index (χ1n) is 7.64. The van der Waals surface area contributed by atoms with Gasteiger partial charge in [-0.1, -0.05) is 42.6 Å². The Bertz CT molecular complexity index is 505. The van der Waals surface area contributed by atoms with Crippen molar-refractivity contribution in [3.63, 3.8) is 0 Å². The van der Waals surface area contributed by atoms with Crippen molar-refractivity contribution >= 4 is 21.6 Å². The van der Waals surface area contributed by atoms with Crippen molar-refractivity contribution in [3.05, 3.63) is 38.3 Å².